The standard InChI is InChI=1S/C25H21N5O3/c31-24(28-20-3-4-21-17(9-20)12-27-29-21)25-19-2-1-14(8-19)22(25)23(30-33-25)18-7-16(10-26-11-18)15-5-6-32-13-15/h3-7,9-14,19,22H,1-2,8H2,(H,27,29)(H,28,31)/t14-,19+,22-,25-/m1/s1. The Hall–Kier alpha value is -3.94. The van der Waals surface area contributed by atoms with Crippen molar-refractivity contribution < 1.29 is 14.0 Å². The van der Waals surface area contributed by atoms with Gasteiger partial charge in [0.2, 0.25) is 5.60 Å². The number of carbonyl (C=O) groups is 1. The summed E-state index contributed by atoms with van der Waals surface area (Å²) < 4.78 is 5.23. The van der Waals surface area contributed by atoms with Crippen LogP contribution in [0, 0.1) is 17.8 Å². The number of benzene rings is 1. The Balaban J connectivity index is 1.23. The summed E-state index contributed by atoms with van der Waals surface area (Å²) in [5, 5.41) is 15.6. The minimum atomic E-state index is -0.977. The maximum absolute atomic E-state index is 13.8. The molecule has 3 aromatic heterocycles. The first kappa shape index (κ1) is 18.6. The van der Waals surface area contributed by atoms with Gasteiger partial charge in [-0.1, -0.05) is 5.16 Å². The lowest BCUT2D eigenvalue weighted by molar-refractivity contribution is -0.149. The fraction of sp³-hybridized carbons (Fsp3) is 0.280. The third-order valence-electron chi connectivity index (χ3n) is 7.54. The van der Waals surface area contributed by atoms with Crippen molar-refractivity contribution in [2.45, 2.75) is 24.9 Å². The molecule has 2 bridgehead atoms. The van der Waals surface area contributed by atoms with E-state index < -0.39 is 5.60 Å². The Morgan fingerprint density at radius 2 is 2.03 bits per heavy atom. The Morgan fingerprint density at radius 1 is 1.09 bits per heavy atom. The van der Waals surface area contributed by atoms with Gasteiger partial charge in [-0.3, -0.25) is 14.9 Å². The lowest BCUT2D eigenvalue weighted by atomic mass is 9.71. The molecule has 1 aliphatic heterocycles. The van der Waals surface area contributed by atoms with Crippen LogP contribution in [0.15, 0.2) is 71.0 Å². The van der Waals surface area contributed by atoms with Gasteiger partial charge in [-0.15, -0.1) is 0 Å². The van der Waals surface area contributed by atoms with Gasteiger partial charge in [-0.25, -0.2) is 0 Å². The molecule has 4 aromatic rings. The van der Waals surface area contributed by atoms with Crippen molar-refractivity contribution in [2.24, 2.45) is 22.9 Å². The number of oxime groups is 1. The molecule has 164 valence electrons. The molecule has 8 nitrogen and oxygen atoms in total. The van der Waals surface area contributed by atoms with Crippen LogP contribution in [0.5, 0.6) is 0 Å². The first-order valence-corrected chi connectivity index (χ1v) is 11.2. The van der Waals surface area contributed by atoms with E-state index in [0.29, 0.717) is 5.92 Å². The summed E-state index contributed by atoms with van der Waals surface area (Å²) in [4.78, 5) is 24.3. The van der Waals surface area contributed by atoms with Crippen molar-refractivity contribution in [3.05, 3.63) is 67.0 Å². The molecule has 4 atom stereocenters. The molecular formula is C25H21N5O3. The molecule has 33 heavy (non-hydrogen) atoms. The Bertz CT molecular complexity index is 1410. The maximum Gasteiger partial charge on any atom is 0.272 e. The smallest absolute Gasteiger partial charge is 0.272 e. The van der Waals surface area contributed by atoms with E-state index in [4.69, 9.17) is 9.25 Å². The summed E-state index contributed by atoms with van der Waals surface area (Å²) in [6.45, 7) is 0. The second-order valence-electron chi connectivity index (χ2n) is 9.21. The third kappa shape index (κ3) is 2.63. The fourth-order valence-corrected chi connectivity index (χ4v) is 6.07. The second kappa shape index (κ2) is 6.78. The summed E-state index contributed by atoms with van der Waals surface area (Å²) in [7, 11) is 0. The van der Waals surface area contributed by atoms with Crippen LogP contribution in [0.4, 0.5) is 5.69 Å². The van der Waals surface area contributed by atoms with Crippen LogP contribution >= 0.6 is 0 Å². The number of rotatable bonds is 4. The lowest BCUT2D eigenvalue weighted by Gasteiger charge is -2.35. The summed E-state index contributed by atoms with van der Waals surface area (Å²) in [5.41, 5.74) is 4.29. The highest BCUT2D eigenvalue weighted by atomic mass is 16.7. The zero-order valence-electron chi connectivity index (χ0n) is 17.7. The van der Waals surface area contributed by atoms with E-state index in [9.17, 15) is 4.79 Å². The van der Waals surface area contributed by atoms with E-state index >= 15 is 0 Å². The van der Waals surface area contributed by atoms with Crippen LogP contribution in [0.25, 0.3) is 22.0 Å². The number of hydrogen-bond donors (Lipinski definition) is 2. The van der Waals surface area contributed by atoms with Crippen LogP contribution in [0.3, 0.4) is 0 Å². The third-order valence-corrected chi connectivity index (χ3v) is 7.54. The molecular weight excluding hydrogens is 418 g/mol. The van der Waals surface area contributed by atoms with Gasteiger partial charge in [-0.2, -0.15) is 5.10 Å². The van der Waals surface area contributed by atoms with Gasteiger partial charge in [0.1, 0.15) is 0 Å². The van der Waals surface area contributed by atoms with Gasteiger partial charge >= 0.3 is 0 Å². The molecule has 0 saturated heterocycles. The van der Waals surface area contributed by atoms with E-state index in [1.807, 2.05) is 30.3 Å². The molecule has 2 fully saturated rings. The predicted octanol–water partition coefficient (Wildman–Crippen LogP) is 4.38. The maximum atomic E-state index is 13.8. The van der Waals surface area contributed by atoms with Crippen LogP contribution in [-0.2, 0) is 9.63 Å². The van der Waals surface area contributed by atoms with E-state index in [-0.39, 0.29) is 17.7 Å². The topological polar surface area (TPSA) is 105 Å². The summed E-state index contributed by atoms with van der Waals surface area (Å²) in [6.07, 6.45) is 11.7. The molecule has 0 radical (unpaired) electrons. The SMILES string of the molecule is O=C(Nc1ccc2[nH]ncc2c1)[C@]12ON=C(c3cncc(-c4ccoc4)c3)[C@H]1[C@@H]1CC[C@H]2C1. The highest BCUT2D eigenvalue weighted by Crippen LogP contribution is 2.60. The average molecular weight is 439 g/mol. The fourth-order valence-electron chi connectivity index (χ4n) is 6.07. The number of H-pyrrole nitrogens is 1. The summed E-state index contributed by atoms with van der Waals surface area (Å²) >= 11 is 0. The molecule has 2 aliphatic carbocycles. The Kier molecular flexibility index (Phi) is 3.82. The molecule has 3 aliphatic rings. The van der Waals surface area contributed by atoms with Crippen molar-refractivity contribution in [2.75, 3.05) is 5.32 Å². The van der Waals surface area contributed by atoms with Crippen molar-refractivity contribution in [3.63, 3.8) is 0 Å². The van der Waals surface area contributed by atoms with E-state index in [2.05, 4.69) is 25.7 Å². The zero-order valence-corrected chi connectivity index (χ0v) is 17.7. The lowest BCUT2D eigenvalue weighted by Crippen LogP contribution is -2.53. The number of aromatic amines is 1. The Labute approximate surface area is 189 Å². The normalized spacial score (nSPS) is 27.4. The highest BCUT2D eigenvalue weighted by molar-refractivity contribution is 6.11. The van der Waals surface area contributed by atoms with Gasteiger partial charge in [0, 0.05) is 46.1 Å². The van der Waals surface area contributed by atoms with Gasteiger partial charge < -0.3 is 14.6 Å². The molecule has 2 N–H and O–H groups in total. The number of anilines is 1. The molecule has 1 aromatic carbocycles. The van der Waals surface area contributed by atoms with E-state index in [1.165, 1.54) is 0 Å². The first-order valence-electron chi connectivity index (χ1n) is 11.2. The number of nitrogens with zero attached hydrogens (tertiary/aromatic N) is 3. The number of aromatic nitrogens is 3. The molecule has 8 heteroatoms. The van der Waals surface area contributed by atoms with Crippen molar-refractivity contribution in [3.8, 4) is 11.1 Å². The second-order valence-corrected chi connectivity index (χ2v) is 9.21. The van der Waals surface area contributed by atoms with Crippen LogP contribution in [0.2, 0.25) is 0 Å². The van der Waals surface area contributed by atoms with E-state index in [1.54, 1.807) is 31.1 Å². The number of hydrogen-bond acceptors (Lipinski definition) is 6. The number of carbonyl (C=O) groups excluding carboxylic acids is 1. The molecule has 7 rings (SSSR count). The van der Waals surface area contributed by atoms with Gasteiger partial charge in [0.05, 0.1) is 35.9 Å². The van der Waals surface area contributed by atoms with Crippen molar-refractivity contribution >= 4 is 28.2 Å². The Morgan fingerprint density at radius 3 is 2.94 bits per heavy atom. The summed E-state index contributed by atoms with van der Waals surface area (Å²) in [5.74, 6) is 0.308. The largest absolute Gasteiger partial charge is 0.472 e. The van der Waals surface area contributed by atoms with Gasteiger partial charge in [0.25, 0.3) is 5.91 Å². The molecule has 0 unspecified atom stereocenters. The number of fused-ring (bicyclic) bond motifs is 6. The summed E-state index contributed by atoms with van der Waals surface area (Å²) in [6, 6.07) is 9.67. The number of pyridine rings is 1. The predicted molar refractivity (Wildman–Crippen MR) is 121 cm³/mol. The minimum Gasteiger partial charge on any atom is -0.472 e. The van der Waals surface area contributed by atoms with E-state index in [0.717, 1.165) is 58.3 Å². The van der Waals surface area contributed by atoms with Crippen molar-refractivity contribution in [1.82, 2.24) is 15.2 Å². The monoisotopic (exact) mass is 439 g/mol. The van der Waals surface area contributed by atoms with Crippen LogP contribution in [-0.4, -0.2) is 32.4 Å². The average Bonchev–Trinajstić information content (AvgIpc) is 3.65. The van der Waals surface area contributed by atoms with Gasteiger partial charge in [0.15, 0.2) is 0 Å². The molecule has 4 heterocycles. The highest BCUT2D eigenvalue weighted by Gasteiger charge is 2.69. The molecule has 1 amide bonds. The minimum absolute atomic E-state index is 0.0877. The first-order chi connectivity index (χ1) is 16.2. The zero-order chi connectivity index (χ0) is 22.0. The number of amides is 1. The quantitative estimate of drug-likeness (QED) is 0.491. The number of nitrogens with one attached hydrogen (secondary N) is 2. The number of furan rings is 1. The van der Waals surface area contributed by atoms with Crippen LogP contribution < -0.4 is 5.32 Å². The molecule has 2 saturated carbocycles. The molecule has 0 spiro atoms. The van der Waals surface area contributed by atoms with Crippen LogP contribution in [0.1, 0.15) is 24.8 Å². The van der Waals surface area contributed by atoms with Gasteiger partial charge in [-0.05, 0) is 55.5 Å². The van der Waals surface area contributed by atoms with Crippen molar-refractivity contribution in [1.29, 1.82) is 0 Å².